The second kappa shape index (κ2) is 5.63. The van der Waals surface area contributed by atoms with Gasteiger partial charge in [-0.2, -0.15) is 0 Å². The summed E-state index contributed by atoms with van der Waals surface area (Å²) >= 11 is 1.59. The second-order valence-corrected chi connectivity index (χ2v) is 4.88. The molecule has 2 heterocycles. The van der Waals surface area contributed by atoms with Crippen molar-refractivity contribution in [3.8, 4) is 0 Å². The number of rotatable bonds is 3. The summed E-state index contributed by atoms with van der Waals surface area (Å²) in [6.45, 7) is 0.525. The molecule has 0 aromatic carbocycles. The van der Waals surface area contributed by atoms with Crippen LogP contribution in [0.3, 0.4) is 0 Å². The van der Waals surface area contributed by atoms with E-state index in [-0.39, 0.29) is 17.9 Å². The lowest BCUT2D eigenvalue weighted by Crippen LogP contribution is -2.47. The van der Waals surface area contributed by atoms with Crippen LogP contribution in [0.1, 0.15) is 17.7 Å². The molecule has 2 amide bonds. The third-order valence-electron chi connectivity index (χ3n) is 2.55. The van der Waals surface area contributed by atoms with Crippen molar-refractivity contribution in [1.82, 2.24) is 10.6 Å². The van der Waals surface area contributed by atoms with Crippen molar-refractivity contribution in [2.45, 2.75) is 18.9 Å². The van der Waals surface area contributed by atoms with Crippen LogP contribution in [0.2, 0.25) is 0 Å². The van der Waals surface area contributed by atoms with Crippen molar-refractivity contribution >= 4 is 29.2 Å². The third kappa shape index (κ3) is 3.71. The minimum atomic E-state index is -0.112. The zero-order chi connectivity index (χ0) is 12.1. The molecule has 90 valence electrons. The smallest absolute Gasteiger partial charge is 0.244 e. The van der Waals surface area contributed by atoms with Crippen LogP contribution in [0.5, 0.6) is 0 Å². The van der Waals surface area contributed by atoms with Gasteiger partial charge >= 0.3 is 0 Å². The van der Waals surface area contributed by atoms with Gasteiger partial charge in [0.25, 0.3) is 0 Å². The molecule has 1 aromatic heterocycles. The molecule has 5 heteroatoms. The Morgan fingerprint density at radius 1 is 1.59 bits per heavy atom. The predicted molar refractivity (Wildman–Crippen MR) is 67.5 cm³/mol. The lowest BCUT2D eigenvalue weighted by molar-refractivity contribution is -0.124. The fraction of sp³-hybridized carbons (Fsp3) is 0.333. The highest BCUT2D eigenvalue weighted by atomic mass is 32.1. The average molecular weight is 250 g/mol. The van der Waals surface area contributed by atoms with E-state index >= 15 is 0 Å². The van der Waals surface area contributed by atoms with Gasteiger partial charge in [-0.05, 0) is 23.9 Å². The summed E-state index contributed by atoms with van der Waals surface area (Å²) in [5, 5.41) is 7.56. The highest BCUT2D eigenvalue weighted by Crippen LogP contribution is 2.10. The van der Waals surface area contributed by atoms with Crippen LogP contribution in [-0.2, 0) is 9.59 Å². The first-order valence-corrected chi connectivity index (χ1v) is 6.41. The minimum absolute atomic E-state index is 0.0492. The monoisotopic (exact) mass is 250 g/mol. The topological polar surface area (TPSA) is 58.2 Å². The van der Waals surface area contributed by atoms with Crippen molar-refractivity contribution in [2.75, 3.05) is 6.54 Å². The number of hydrogen-bond donors (Lipinski definition) is 2. The Morgan fingerprint density at radius 2 is 2.47 bits per heavy atom. The molecular formula is C12H14N2O2S. The Hall–Kier alpha value is -1.62. The summed E-state index contributed by atoms with van der Waals surface area (Å²) in [6.07, 6.45) is 4.52. The lowest BCUT2D eigenvalue weighted by atomic mass is 10.1. The maximum Gasteiger partial charge on any atom is 0.244 e. The van der Waals surface area contributed by atoms with Crippen molar-refractivity contribution < 1.29 is 9.59 Å². The number of carbonyl (C=O) groups is 2. The summed E-state index contributed by atoms with van der Waals surface area (Å²) in [5.74, 6) is -0.0517. The van der Waals surface area contributed by atoms with E-state index in [1.165, 1.54) is 6.08 Å². The van der Waals surface area contributed by atoms with Gasteiger partial charge in [-0.3, -0.25) is 9.59 Å². The van der Waals surface area contributed by atoms with E-state index in [2.05, 4.69) is 10.6 Å². The van der Waals surface area contributed by atoms with Crippen molar-refractivity contribution in [3.05, 3.63) is 28.5 Å². The Kier molecular flexibility index (Phi) is 3.93. The van der Waals surface area contributed by atoms with Gasteiger partial charge in [0.2, 0.25) is 11.8 Å². The van der Waals surface area contributed by atoms with Crippen LogP contribution >= 0.6 is 11.3 Å². The second-order valence-electron chi connectivity index (χ2n) is 3.90. The Morgan fingerprint density at radius 3 is 3.12 bits per heavy atom. The van der Waals surface area contributed by atoms with Crippen LogP contribution < -0.4 is 10.6 Å². The number of piperidine rings is 1. The molecule has 1 unspecified atom stereocenters. The molecule has 1 aromatic rings. The van der Waals surface area contributed by atoms with Gasteiger partial charge in [-0.15, -0.1) is 11.3 Å². The molecule has 0 bridgehead atoms. The molecule has 0 spiro atoms. The summed E-state index contributed by atoms with van der Waals surface area (Å²) in [7, 11) is 0. The molecule has 1 fully saturated rings. The van der Waals surface area contributed by atoms with E-state index in [9.17, 15) is 9.59 Å². The van der Waals surface area contributed by atoms with E-state index in [4.69, 9.17) is 0 Å². The number of carbonyl (C=O) groups excluding carboxylic acids is 2. The zero-order valence-corrected chi connectivity index (χ0v) is 10.1. The highest BCUT2D eigenvalue weighted by Gasteiger charge is 2.18. The number of hydrogen-bond acceptors (Lipinski definition) is 3. The average Bonchev–Trinajstić information content (AvgIpc) is 2.83. The lowest BCUT2D eigenvalue weighted by Gasteiger charge is -2.22. The standard InChI is InChI=1S/C12H14N2O2S/c15-11-5-3-9(8-13-11)14-12(16)6-4-10-2-1-7-17-10/h1-2,4,6-7,9H,3,5,8H2,(H,13,15)(H,14,16). The predicted octanol–water partition coefficient (Wildman–Crippen LogP) is 1.16. The number of thiophene rings is 1. The molecule has 0 aliphatic carbocycles. The van der Waals surface area contributed by atoms with Gasteiger partial charge < -0.3 is 10.6 Å². The molecule has 4 nitrogen and oxygen atoms in total. The normalized spacial score (nSPS) is 20.2. The molecule has 1 aliphatic heterocycles. The van der Waals surface area contributed by atoms with Crippen LogP contribution in [0.4, 0.5) is 0 Å². The summed E-state index contributed by atoms with van der Waals surface area (Å²) in [6, 6.07) is 3.95. The van der Waals surface area contributed by atoms with Crippen molar-refractivity contribution in [1.29, 1.82) is 0 Å². The maximum atomic E-state index is 11.6. The van der Waals surface area contributed by atoms with E-state index in [0.29, 0.717) is 19.4 Å². The highest BCUT2D eigenvalue weighted by molar-refractivity contribution is 7.10. The Balaban J connectivity index is 1.79. The summed E-state index contributed by atoms with van der Waals surface area (Å²) in [4.78, 5) is 23.6. The van der Waals surface area contributed by atoms with Gasteiger partial charge in [0, 0.05) is 30.0 Å². The zero-order valence-electron chi connectivity index (χ0n) is 9.31. The SMILES string of the molecule is O=C(C=Cc1cccs1)NC1CCC(=O)NC1. The fourth-order valence-electron chi connectivity index (χ4n) is 1.65. The first-order valence-electron chi connectivity index (χ1n) is 5.53. The molecule has 1 atom stereocenters. The molecular weight excluding hydrogens is 236 g/mol. The Bertz CT molecular complexity index is 416. The number of amides is 2. The van der Waals surface area contributed by atoms with E-state index in [0.717, 1.165) is 4.88 Å². The molecule has 2 N–H and O–H groups in total. The molecule has 17 heavy (non-hydrogen) atoms. The Labute approximate surface area is 104 Å². The summed E-state index contributed by atoms with van der Waals surface area (Å²) in [5.41, 5.74) is 0. The molecule has 0 saturated carbocycles. The van der Waals surface area contributed by atoms with Gasteiger partial charge in [0.05, 0.1) is 0 Å². The fourth-order valence-corrected chi connectivity index (χ4v) is 2.27. The van der Waals surface area contributed by atoms with Gasteiger partial charge in [0.1, 0.15) is 0 Å². The van der Waals surface area contributed by atoms with Gasteiger partial charge in [0.15, 0.2) is 0 Å². The summed E-state index contributed by atoms with van der Waals surface area (Å²) < 4.78 is 0. The molecule has 1 aliphatic rings. The van der Waals surface area contributed by atoms with Crippen molar-refractivity contribution in [3.63, 3.8) is 0 Å². The van der Waals surface area contributed by atoms with E-state index < -0.39 is 0 Å². The van der Waals surface area contributed by atoms with E-state index in [1.54, 1.807) is 17.4 Å². The van der Waals surface area contributed by atoms with E-state index in [1.807, 2.05) is 17.5 Å². The molecule has 2 rings (SSSR count). The van der Waals surface area contributed by atoms with Crippen molar-refractivity contribution in [2.24, 2.45) is 0 Å². The first kappa shape index (κ1) is 11.9. The van der Waals surface area contributed by atoms with Crippen LogP contribution in [0.15, 0.2) is 23.6 Å². The van der Waals surface area contributed by atoms with Gasteiger partial charge in [-0.25, -0.2) is 0 Å². The number of nitrogens with one attached hydrogen (secondary N) is 2. The van der Waals surface area contributed by atoms with Crippen LogP contribution in [0.25, 0.3) is 6.08 Å². The largest absolute Gasteiger partial charge is 0.354 e. The first-order chi connectivity index (χ1) is 8.24. The minimum Gasteiger partial charge on any atom is -0.354 e. The van der Waals surface area contributed by atoms with Crippen LogP contribution in [-0.4, -0.2) is 24.4 Å². The van der Waals surface area contributed by atoms with Crippen LogP contribution in [0, 0.1) is 0 Å². The third-order valence-corrected chi connectivity index (χ3v) is 3.39. The van der Waals surface area contributed by atoms with Gasteiger partial charge in [-0.1, -0.05) is 6.07 Å². The quantitative estimate of drug-likeness (QED) is 0.791. The maximum absolute atomic E-state index is 11.6. The molecule has 0 radical (unpaired) electrons. The molecule has 1 saturated heterocycles.